The first-order valence-corrected chi connectivity index (χ1v) is 11.3. The smallest absolute Gasteiger partial charge is 0.232 e. The molecule has 164 valence electrons. The summed E-state index contributed by atoms with van der Waals surface area (Å²) in [6, 6.07) is 15.5. The lowest BCUT2D eigenvalue weighted by atomic mass is 9.96. The quantitative estimate of drug-likeness (QED) is 0.628. The van der Waals surface area contributed by atoms with Crippen LogP contribution in [0.3, 0.4) is 0 Å². The second-order valence-corrected chi connectivity index (χ2v) is 9.36. The molecule has 0 radical (unpaired) electrons. The number of amides is 2. The van der Waals surface area contributed by atoms with E-state index in [1.165, 1.54) is 11.1 Å². The predicted octanol–water partition coefficient (Wildman–Crippen LogP) is 3.23. The van der Waals surface area contributed by atoms with Crippen LogP contribution in [0.2, 0.25) is 0 Å². The first-order chi connectivity index (χ1) is 16.1. The zero-order valence-corrected chi connectivity index (χ0v) is 18.1. The van der Waals surface area contributed by atoms with E-state index in [1.54, 1.807) is 29.3 Å². The van der Waals surface area contributed by atoms with Gasteiger partial charge in [-0.3, -0.25) is 9.59 Å². The molecular formula is C26H23N5O2. The molecule has 1 atom stereocenters. The fourth-order valence-corrected chi connectivity index (χ4v) is 5.27. The molecular weight excluding hydrogens is 414 g/mol. The van der Waals surface area contributed by atoms with E-state index in [-0.39, 0.29) is 29.6 Å². The van der Waals surface area contributed by atoms with Crippen LogP contribution in [0.25, 0.3) is 0 Å². The van der Waals surface area contributed by atoms with Crippen molar-refractivity contribution in [1.82, 2.24) is 9.55 Å². The molecule has 2 fully saturated rings. The van der Waals surface area contributed by atoms with Crippen molar-refractivity contribution in [2.75, 3.05) is 22.9 Å². The lowest BCUT2D eigenvalue weighted by Gasteiger charge is -2.22. The Balaban J connectivity index is 1.24. The van der Waals surface area contributed by atoms with E-state index >= 15 is 0 Å². The van der Waals surface area contributed by atoms with Crippen LogP contribution in [0, 0.1) is 17.2 Å². The Labute approximate surface area is 191 Å². The topological polar surface area (TPSA) is 82.2 Å². The highest BCUT2D eigenvalue weighted by Gasteiger charge is 2.54. The Kier molecular flexibility index (Phi) is 4.37. The number of fused-ring (bicyclic) bond motifs is 2. The second kappa shape index (κ2) is 7.31. The van der Waals surface area contributed by atoms with E-state index in [4.69, 9.17) is 0 Å². The van der Waals surface area contributed by atoms with E-state index in [0.29, 0.717) is 24.3 Å². The maximum absolute atomic E-state index is 13.6. The van der Waals surface area contributed by atoms with Crippen molar-refractivity contribution < 1.29 is 9.59 Å². The van der Waals surface area contributed by atoms with Gasteiger partial charge in [0.2, 0.25) is 11.8 Å². The molecule has 2 aromatic carbocycles. The predicted molar refractivity (Wildman–Crippen MR) is 123 cm³/mol. The minimum absolute atomic E-state index is 0.0228. The maximum Gasteiger partial charge on any atom is 0.232 e. The highest BCUT2D eigenvalue weighted by Crippen LogP contribution is 2.57. The molecule has 2 aliphatic heterocycles. The molecule has 0 N–H and O–H groups in total. The largest absolute Gasteiger partial charge is 0.333 e. The van der Waals surface area contributed by atoms with Gasteiger partial charge in [0.05, 0.1) is 23.9 Å². The van der Waals surface area contributed by atoms with Gasteiger partial charge >= 0.3 is 0 Å². The van der Waals surface area contributed by atoms with Crippen LogP contribution in [-0.2, 0) is 21.5 Å². The summed E-state index contributed by atoms with van der Waals surface area (Å²) in [5, 5.41) is 9.17. The van der Waals surface area contributed by atoms with Crippen molar-refractivity contribution in [3.63, 3.8) is 0 Å². The number of nitriles is 1. The summed E-state index contributed by atoms with van der Waals surface area (Å²) in [4.78, 5) is 34.0. The summed E-state index contributed by atoms with van der Waals surface area (Å²) < 4.78 is 2.04. The van der Waals surface area contributed by atoms with Crippen LogP contribution in [0.5, 0.6) is 0 Å². The second-order valence-electron chi connectivity index (χ2n) is 9.36. The Morgan fingerprint density at radius 2 is 2.09 bits per heavy atom. The summed E-state index contributed by atoms with van der Waals surface area (Å²) in [5.41, 5.74) is 4.71. The van der Waals surface area contributed by atoms with Crippen LogP contribution in [-0.4, -0.2) is 34.5 Å². The fourth-order valence-electron chi connectivity index (χ4n) is 5.27. The fraction of sp³-hybridized carbons (Fsp3) is 0.308. The number of nitrogens with zero attached hydrogens (tertiary/aromatic N) is 5. The summed E-state index contributed by atoms with van der Waals surface area (Å²) in [5.74, 6) is -0.426. The first kappa shape index (κ1) is 19.7. The third-order valence-corrected chi connectivity index (χ3v) is 7.19. The van der Waals surface area contributed by atoms with Crippen LogP contribution in [0.4, 0.5) is 11.4 Å². The average Bonchev–Trinajstić information content (AvgIpc) is 3.12. The third kappa shape index (κ3) is 3.30. The number of aromatic nitrogens is 2. The molecule has 0 bridgehead atoms. The minimum atomic E-state index is -0.379. The molecule has 1 saturated heterocycles. The number of imidazole rings is 1. The molecule has 7 heteroatoms. The number of hydrogen-bond acceptors (Lipinski definition) is 4. The zero-order valence-electron chi connectivity index (χ0n) is 18.1. The van der Waals surface area contributed by atoms with Crippen LogP contribution < -0.4 is 9.80 Å². The van der Waals surface area contributed by atoms with Gasteiger partial charge in [0.1, 0.15) is 0 Å². The van der Waals surface area contributed by atoms with Crippen LogP contribution in [0.1, 0.15) is 36.0 Å². The Morgan fingerprint density at radius 1 is 1.21 bits per heavy atom. The standard InChI is InChI=1S/C26H23N5O2/c27-13-18-2-1-3-21(10-18)30-15-20(12-24(30)32)25(33)31-16-26(6-7-26)22-11-19(4-5-23(22)31)14-29-9-8-28-17-29/h1-5,8-11,17,20H,6-7,12,14-16H2/t20-/m0/s1. The van der Waals surface area contributed by atoms with Crippen molar-refractivity contribution in [2.45, 2.75) is 31.2 Å². The molecule has 3 heterocycles. The molecule has 7 nitrogen and oxygen atoms in total. The summed E-state index contributed by atoms with van der Waals surface area (Å²) in [6.45, 7) is 1.81. The van der Waals surface area contributed by atoms with Gasteiger partial charge in [0.15, 0.2) is 0 Å². The molecule has 33 heavy (non-hydrogen) atoms. The minimum Gasteiger partial charge on any atom is -0.333 e. The highest BCUT2D eigenvalue weighted by molar-refractivity contribution is 6.05. The number of rotatable bonds is 4. The number of anilines is 2. The summed E-state index contributed by atoms with van der Waals surface area (Å²) in [7, 11) is 0. The molecule has 1 aromatic heterocycles. The lowest BCUT2D eigenvalue weighted by molar-refractivity contribution is -0.124. The Bertz CT molecular complexity index is 1300. The highest BCUT2D eigenvalue weighted by atomic mass is 16.2. The molecule has 6 rings (SSSR count). The van der Waals surface area contributed by atoms with E-state index in [2.05, 4.69) is 29.3 Å². The van der Waals surface area contributed by atoms with Gasteiger partial charge in [-0.05, 0) is 48.2 Å². The third-order valence-electron chi connectivity index (χ3n) is 7.19. The van der Waals surface area contributed by atoms with E-state index in [0.717, 1.165) is 25.1 Å². The molecule has 2 amide bonds. The van der Waals surface area contributed by atoms with Gasteiger partial charge in [-0.1, -0.05) is 18.2 Å². The molecule has 3 aromatic rings. The molecule has 3 aliphatic rings. The van der Waals surface area contributed by atoms with Gasteiger partial charge in [-0.15, -0.1) is 0 Å². The summed E-state index contributed by atoms with van der Waals surface area (Å²) >= 11 is 0. The molecule has 1 spiro atoms. The van der Waals surface area contributed by atoms with E-state index in [1.807, 2.05) is 28.1 Å². The van der Waals surface area contributed by atoms with E-state index < -0.39 is 0 Å². The zero-order chi connectivity index (χ0) is 22.6. The number of hydrogen-bond donors (Lipinski definition) is 0. The molecule has 1 aliphatic carbocycles. The van der Waals surface area contributed by atoms with Crippen molar-refractivity contribution in [1.29, 1.82) is 5.26 Å². The molecule has 1 saturated carbocycles. The van der Waals surface area contributed by atoms with Gasteiger partial charge < -0.3 is 14.4 Å². The average molecular weight is 438 g/mol. The van der Waals surface area contributed by atoms with Crippen LogP contribution in [0.15, 0.2) is 61.2 Å². The van der Waals surface area contributed by atoms with Crippen molar-refractivity contribution in [3.8, 4) is 6.07 Å². The van der Waals surface area contributed by atoms with Crippen molar-refractivity contribution in [2.24, 2.45) is 5.92 Å². The number of carbonyl (C=O) groups is 2. The monoisotopic (exact) mass is 437 g/mol. The van der Waals surface area contributed by atoms with Gasteiger partial charge in [0, 0.05) is 55.2 Å². The van der Waals surface area contributed by atoms with Crippen LogP contribution >= 0.6 is 0 Å². The lowest BCUT2D eigenvalue weighted by Crippen LogP contribution is -2.37. The Morgan fingerprint density at radius 3 is 2.85 bits per heavy atom. The maximum atomic E-state index is 13.6. The van der Waals surface area contributed by atoms with Gasteiger partial charge in [0.25, 0.3) is 0 Å². The van der Waals surface area contributed by atoms with Crippen molar-refractivity contribution in [3.05, 3.63) is 77.9 Å². The Hall–Kier alpha value is -3.92. The van der Waals surface area contributed by atoms with Gasteiger partial charge in [-0.2, -0.15) is 5.26 Å². The summed E-state index contributed by atoms with van der Waals surface area (Å²) in [6.07, 6.45) is 7.92. The van der Waals surface area contributed by atoms with E-state index in [9.17, 15) is 14.9 Å². The number of benzene rings is 2. The molecule has 0 unspecified atom stereocenters. The first-order valence-electron chi connectivity index (χ1n) is 11.3. The SMILES string of the molecule is N#Cc1cccc(N2C[C@@H](C(=O)N3CC4(CC4)c4cc(Cn5ccnc5)ccc43)CC2=O)c1. The number of carbonyl (C=O) groups excluding carboxylic acids is 2. The normalized spacial score (nSPS) is 20.2. The van der Waals surface area contributed by atoms with Crippen molar-refractivity contribution >= 4 is 23.2 Å². The van der Waals surface area contributed by atoms with Gasteiger partial charge in [-0.25, -0.2) is 4.98 Å².